The van der Waals surface area contributed by atoms with Gasteiger partial charge in [0.2, 0.25) is 26.0 Å². The molecule has 2 saturated heterocycles. The normalized spacial score (nSPS) is 17.4. The van der Waals surface area contributed by atoms with Crippen LogP contribution in [0.2, 0.25) is 0 Å². The first-order valence-electron chi connectivity index (χ1n) is 15.1. The average molecular weight is 670 g/mol. The zero-order chi connectivity index (χ0) is 32.6. The monoisotopic (exact) mass is 669 g/mol. The highest BCUT2D eigenvalue weighted by Gasteiger charge is 2.33. The number of likely N-dealkylation sites (tertiary alicyclic amines) is 2. The van der Waals surface area contributed by atoms with Crippen LogP contribution in [0, 0.1) is 11.7 Å². The molecule has 0 aliphatic carbocycles. The van der Waals surface area contributed by atoms with Crippen molar-refractivity contribution in [2.24, 2.45) is 5.92 Å². The summed E-state index contributed by atoms with van der Waals surface area (Å²) in [5.41, 5.74) is 2.88. The van der Waals surface area contributed by atoms with E-state index in [1.165, 1.54) is 24.4 Å². The van der Waals surface area contributed by atoms with Crippen LogP contribution < -0.4 is 3.71 Å². The van der Waals surface area contributed by atoms with Crippen molar-refractivity contribution in [3.05, 3.63) is 72.3 Å². The van der Waals surface area contributed by atoms with E-state index in [4.69, 9.17) is 4.98 Å². The molecule has 3 aromatic heterocycles. The number of fused-ring (bicyclic) bond motifs is 1. The minimum Gasteiger partial charge on any atom is -0.342 e. The summed E-state index contributed by atoms with van der Waals surface area (Å²) in [5.74, 6) is 0.253. The minimum atomic E-state index is -4.09. The summed E-state index contributed by atoms with van der Waals surface area (Å²) in [6.07, 6.45) is 7.64. The number of carbonyl (C=O) groups is 1. The lowest BCUT2D eigenvalue weighted by Crippen LogP contribution is -2.45. The first-order chi connectivity index (χ1) is 21.9. The number of imidazole rings is 1. The Morgan fingerprint density at radius 3 is 2.26 bits per heavy atom. The molecule has 244 valence electrons. The summed E-state index contributed by atoms with van der Waals surface area (Å²) in [5, 5.41) is 0. The van der Waals surface area contributed by atoms with Gasteiger partial charge in [0.05, 0.1) is 23.5 Å². The van der Waals surface area contributed by atoms with Crippen molar-refractivity contribution in [1.82, 2.24) is 29.3 Å². The van der Waals surface area contributed by atoms with Gasteiger partial charge in [-0.15, -0.1) is 3.71 Å². The molecule has 0 unspecified atom stereocenters. The molecule has 6 rings (SSSR count). The zero-order valence-electron chi connectivity index (χ0n) is 25.7. The van der Waals surface area contributed by atoms with Gasteiger partial charge in [0, 0.05) is 50.1 Å². The lowest BCUT2D eigenvalue weighted by atomic mass is 9.93. The van der Waals surface area contributed by atoms with Crippen molar-refractivity contribution in [2.45, 2.75) is 38.3 Å². The SMILES string of the molecule is CS(=O)(=O)N(c1cc(CN2CCC(C(=O)N3CCC(n4c(-c5ccccn5)nc5cc(F)ccc54)CC3)CC2)ccn1)S(C)(=O)=O. The van der Waals surface area contributed by atoms with E-state index in [-0.39, 0.29) is 29.5 Å². The number of piperidine rings is 2. The number of aromatic nitrogens is 4. The molecule has 2 fully saturated rings. The lowest BCUT2D eigenvalue weighted by Gasteiger charge is -2.38. The van der Waals surface area contributed by atoms with E-state index >= 15 is 0 Å². The fourth-order valence-corrected chi connectivity index (χ4v) is 9.41. The zero-order valence-corrected chi connectivity index (χ0v) is 27.3. The number of hydrogen-bond donors (Lipinski definition) is 0. The predicted octanol–water partition coefficient (Wildman–Crippen LogP) is 3.43. The molecule has 1 amide bonds. The van der Waals surface area contributed by atoms with Gasteiger partial charge in [-0.2, -0.15) is 0 Å². The van der Waals surface area contributed by atoms with E-state index in [0.29, 0.717) is 60.6 Å². The smallest absolute Gasteiger partial charge is 0.246 e. The van der Waals surface area contributed by atoms with Crippen molar-refractivity contribution in [3.63, 3.8) is 0 Å². The Morgan fingerprint density at radius 2 is 1.61 bits per heavy atom. The number of amides is 1. The maximum Gasteiger partial charge on any atom is 0.246 e. The van der Waals surface area contributed by atoms with Crippen molar-refractivity contribution in [1.29, 1.82) is 0 Å². The largest absolute Gasteiger partial charge is 0.342 e. The fraction of sp³-hybridized carbons (Fsp3) is 0.419. The number of hydrogen-bond acceptors (Lipinski definition) is 9. The number of sulfonamides is 2. The molecule has 0 radical (unpaired) electrons. The average Bonchev–Trinajstić information content (AvgIpc) is 3.39. The molecule has 4 aromatic rings. The quantitative estimate of drug-likeness (QED) is 0.276. The van der Waals surface area contributed by atoms with Crippen LogP contribution in [-0.4, -0.2) is 90.8 Å². The second kappa shape index (κ2) is 12.7. The molecule has 0 saturated carbocycles. The van der Waals surface area contributed by atoms with E-state index in [1.54, 1.807) is 18.3 Å². The van der Waals surface area contributed by atoms with Crippen molar-refractivity contribution >= 4 is 42.8 Å². The number of benzene rings is 1. The molecule has 1 aromatic carbocycles. The van der Waals surface area contributed by atoms with Gasteiger partial charge in [0.1, 0.15) is 11.5 Å². The Kier molecular flexibility index (Phi) is 8.83. The number of halogens is 1. The van der Waals surface area contributed by atoms with Gasteiger partial charge in [-0.25, -0.2) is 31.2 Å². The van der Waals surface area contributed by atoms with Gasteiger partial charge < -0.3 is 9.47 Å². The number of carbonyl (C=O) groups excluding carboxylic acids is 1. The molecule has 2 aliphatic rings. The van der Waals surface area contributed by atoms with Gasteiger partial charge in [-0.05, 0) is 80.7 Å². The minimum absolute atomic E-state index is 0.0879. The summed E-state index contributed by atoms with van der Waals surface area (Å²) < 4.78 is 65.2. The van der Waals surface area contributed by atoms with Gasteiger partial charge in [-0.3, -0.25) is 14.7 Å². The Bertz CT molecular complexity index is 1920. The van der Waals surface area contributed by atoms with Gasteiger partial charge in [-0.1, -0.05) is 6.07 Å². The van der Waals surface area contributed by atoms with Crippen molar-refractivity contribution in [3.8, 4) is 11.5 Å². The Balaban J connectivity index is 1.07. The molecular weight excluding hydrogens is 634 g/mol. The third-order valence-corrected chi connectivity index (χ3v) is 11.8. The third-order valence-electron chi connectivity index (χ3n) is 8.63. The van der Waals surface area contributed by atoms with Gasteiger partial charge in [0.25, 0.3) is 0 Å². The van der Waals surface area contributed by atoms with E-state index in [9.17, 15) is 26.0 Å². The van der Waals surface area contributed by atoms with Crippen LogP contribution in [0.4, 0.5) is 10.2 Å². The summed E-state index contributed by atoms with van der Waals surface area (Å²) in [7, 11) is -8.18. The maximum absolute atomic E-state index is 14.0. The van der Waals surface area contributed by atoms with E-state index < -0.39 is 20.0 Å². The first-order valence-corrected chi connectivity index (χ1v) is 18.8. The molecule has 46 heavy (non-hydrogen) atoms. The Labute approximate surface area is 268 Å². The Morgan fingerprint density at radius 1 is 0.891 bits per heavy atom. The summed E-state index contributed by atoms with van der Waals surface area (Å²) in [4.78, 5) is 30.9. The lowest BCUT2D eigenvalue weighted by molar-refractivity contribution is -0.138. The van der Waals surface area contributed by atoms with E-state index in [0.717, 1.165) is 42.1 Å². The number of pyridine rings is 2. The molecule has 12 nitrogen and oxygen atoms in total. The number of anilines is 1. The fourth-order valence-electron chi connectivity index (χ4n) is 6.56. The third kappa shape index (κ3) is 6.76. The molecule has 0 N–H and O–H groups in total. The molecule has 0 spiro atoms. The molecule has 5 heterocycles. The van der Waals surface area contributed by atoms with Gasteiger partial charge in [0.15, 0.2) is 11.6 Å². The van der Waals surface area contributed by atoms with Crippen LogP contribution in [0.5, 0.6) is 0 Å². The highest BCUT2D eigenvalue weighted by atomic mass is 32.3. The Hall–Kier alpha value is -3.95. The van der Waals surface area contributed by atoms with Crippen LogP contribution in [0.1, 0.15) is 37.3 Å². The second-order valence-corrected chi connectivity index (χ2v) is 15.9. The van der Waals surface area contributed by atoms with Crippen LogP contribution in [0.15, 0.2) is 60.9 Å². The molecule has 0 atom stereocenters. The van der Waals surface area contributed by atoms with Crippen LogP contribution >= 0.6 is 0 Å². The molecular formula is C31H36FN7O5S2. The summed E-state index contributed by atoms with van der Waals surface area (Å²) >= 11 is 0. The highest BCUT2D eigenvalue weighted by molar-refractivity contribution is 8.09. The molecule has 2 aliphatic heterocycles. The first kappa shape index (κ1) is 32.0. The topological polar surface area (TPSA) is 139 Å². The van der Waals surface area contributed by atoms with Gasteiger partial charge >= 0.3 is 0 Å². The maximum atomic E-state index is 14.0. The predicted molar refractivity (Wildman–Crippen MR) is 172 cm³/mol. The van der Waals surface area contributed by atoms with Crippen LogP contribution in [0.25, 0.3) is 22.6 Å². The van der Waals surface area contributed by atoms with E-state index in [2.05, 4.69) is 19.4 Å². The van der Waals surface area contributed by atoms with Crippen LogP contribution in [0.3, 0.4) is 0 Å². The molecule has 0 bridgehead atoms. The summed E-state index contributed by atoms with van der Waals surface area (Å²) in [6, 6.07) is 13.6. The highest BCUT2D eigenvalue weighted by Crippen LogP contribution is 2.34. The van der Waals surface area contributed by atoms with Crippen LogP contribution in [-0.2, 0) is 31.4 Å². The summed E-state index contributed by atoms with van der Waals surface area (Å²) in [6.45, 7) is 3.06. The molecule has 15 heteroatoms. The van der Waals surface area contributed by atoms with Crippen molar-refractivity contribution in [2.75, 3.05) is 42.4 Å². The standard InChI is InChI=1S/C31H36FN7O5S2/c1-45(41,42)39(46(2,43)44)29-19-22(8-14-34-29)21-36-15-9-23(10-16-36)31(40)37-17-11-25(12-18-37)38-28-7-6-24(32)20-27(28)35-30(38)26-5-3-4-13-33-26/h3-8,13-14,19-20,23,25H,9-12,15-18,21H2,1-2H3. The second-order valence-electron chi connectivity index (χ2n) is 12.0. The van der Waals surface area contributed by atoms with Crippen molar-refractivity contribution < 1.29 is 26.0 Å². The number of nitrogens with zero attached hydrogens (tertiary/aromatic N) is 7. The van der Waals surface area contributed by atoms with E-state index in [1.807, 2.05) is 23.1 Å². The number of rotatable bonds is 8.